The zero-order valence-electron chi connectivity index (χ0n) is 12.5. The number of nitrogens with one attached hydrogen (secondary N) is 1. The molecule has 0 saturated heterocycles. The Bertz CT molecular complexity index is 664. The van der Waals surface area contributed by atoms with Crippen molar-refractivity contribution in [2.45, 2.75) is 26.8 Å². The van der Waals surface area contributed by atoms with Crippen LogP contribution in [0.2, 0.25) is 0 Å². The molecule has 4 nitrogen and oxygen atoms in total. The average Bonchev–Trinajstić information content (AvgIpc) is 2.79. The molecule has 0 radical (unpaired) electrons. The number of hydrogen-bond acceptors (Lipinski definition) is 4. The second-order valence-electron chi connectivity index (χ2n) is 4.92. The number of halogens is 1. The number of esters is 1. The number of benzene rings is 1. The highest BCUT2D eigenvalue weighted by atomic mass is 19.1. The fraction of sp³-hybridized carbons (Fsp3) is 0.312. The van der Waals surface area contributed by atoms with Crippen molar-refractivity contribution in [2.75, 3.05) is 12.4 Å². The minimum atomic E-state index is -0.695. The van der Waals surface area contributed by atoms with Gasteiger partial charge in [-0.3, -0.25) is 0 Å². The minimum Gasteiger partial charge on any atom is -0.466 e. The first kappa shape index (κ1) is 15.1. The first-order valence-electron chi connectivity index (χ1n) is 6.63. The van der Waals surface area contributed by atoms with E-state index < -0.39 is 11.8 Å². The van der Waals surface area contributed by atoms with Gasteiger partial charge in [0.2, 0.25) is 0 Å². The molecule has 0 amide bonds. The van der Waals surface area contributed by atoms with Crippen LogP contribution in [0.15, 0.2) is 28.7 Å². The predicted molar refractivity (Wildman–Crippen MR) is 78.0 cm³/mol. The molecule has 1 aromatic carbocycles. The zero-order chi connectivity index (χ0) is 15.6. The van der Waals surface area contributed by atoms with E-state index in [4.69, 9.17) is 4.42 Å². The number of methoxy groups -OCH3 is 1. The molecule has 0 saturated carbocycles. The zero-order valence-corrected chi connectivity index (χ0v) is 12.5. The third kappa shape index (κ3) is 3.24. The van der Waals surface area contributed by atoms with Gasteiger partial charge in [-0.25, -0.2) is 9.18 Å². The summed E-state index contributed by atoms with van der Waals surface area (Å²) in [6, 6.07) is 6.20. The van der Waals surface area contributed by atoms with Crippen LogP contribution in [-0.2, 0) is 4.74 Å². The van der Waals surface area contributed by atoms with Crippen LogP contribution in [0.4, 0.5) is 10.1 Å². The Morgan fingerprint density at radius 1 is 1.33 bits per heavy atom. The average molecular weight is 291 g/mol. The van der Waals surface area contributed by atoms with Crippen LogP contribution >= 0.6 is 0 Å². The number of furan rings is 1. The molecule has 2 rings (SSSR count). The molecule has 0 bridgehead atoms. The van der Waals surface area contributed by atoms with E-state index in [1.54, 1.807) is 6.07 Å². The van der Waals surface area contributed by atoms with Gasteiger partial charge in [0.25, 0.3) is 0 Å². The maximum atomic E-state index is 13.6. The quantitative estimate of drug-likeness (QED) is 0.865. The third-order valence-corrected chi connectivity index (χ3v) is 3.30. The molecule has 1 N–H and O–H groups in total. The molecule has 0 aliphatic rings. The highest BCUT2D eigenvalue weighted by Crippen LogP contribution is 2.26. The van der Waals surface area contributed by atoms with E-state index in [9.17, 15) is 9.18 Å². The van der Waals surface area contributed by atoms with E-state index in [1.165, 1.54) is 19.2 Å². The van der Waals surface area contributed by atoms with Crippen LogP contribution in [0, 0.1) is 19.7 Å². The lowest BCUT2D eigenvalue weighted by molar-refractivity contribution is 0.0595. The van der Waals surface area contributed by atoms with Crippen molar-refractivity contribution in [1.29, 1.82) is 0 Å². The van der Waals surface area contributed by atoms with Crippen molar-refractivity contribution < 1.29 is 18.3 Å². The highest BCUT2D eigenvalue weighted by Gasteiger charge is 2.16. The van der Waals surface area contributed by atoms with Crippen molar-refractivity contribution in [2.24, 2.45) is 0 Å². The van der Waals surface area contributed by atoms with Crippen LogP contribution in [0.25, 0.3) is 0 Å². The van der Waals surface area contributed by atoms with Gasteiger partial charge in [-0.1, -0.05) is 0 Å². The summed E-state index contributed by atoms with van der Waals surface area (Å²) in [6.07, 6.45) is 0. The Balaban J connectivity index is 2.23. The number of rotatable bonds is 4. The lowest BCUT2D eigenvalue weighted by atomic mass is 10.1. The summed E-state index contributed by atoms with van der Waals surface area (Å²) in [6.45, 7) is 5.75. The Kier molecular flexibility index (Phi) is 4.31. The molecule has 0 spiro atoms. The summed E-state index contributed by atoms with van der Waals surface area (Å²) in [5, 5.41) is 3.22. The predicted octanol–water partition coefficient (Wildman–Crippen LogP) is 4.00. The molecule has 21 heavy (non-hydrogen) atoms. The van der Waals surface area contributed by atoms with Crippen LogP contribution < -0.4 is 5.32 Å². The fourth-order valence-corrected chi connectivity index (χ4v) is 2.29. The number of aryl methyl sites for hydroxylation is 2. The molecule has 1 aromatic heterocycles. The minimum absolute atomic E-state index is 0.0293. The second-order valence-corrected chi connectivity index (χ2v) is 4.92. The van der Waals surface area contributed by atoms with Gasteiger partial charge in [-0.15, -0.1) is 0 Å². The van der Waals surface area contributed by atoms with Gasteiger partial charge >= 0.3 is 5.97 Å². The molecule has 2 aromatic rings. The third-order valence-electron chi connectivity index (χ3n) is 3.30. The standard InChI is InChI=1S/C16H18FNO3/c1-9-7-13(11(3)21-9)10(2)18-12-5-6-15(17)14(8-12)16(19)20-4/h5-8,10,18H,1-4H3. The topological polar surface area (TPSA) is 51.5 Å². The van der Waals surface area contributed by atoms with Crippen LogP contribution in [0.5, 0.6) is 0 Å². The number of carbonyl (C=O) groups is 1. The van der Waals surface area contributed by atoms with Crippen molar-refractivity contribution in [3.63, 3.8) is 0 Å². The summed E-state index contributed by atoms with van der Waals surface area (Å²) >= 11 is 0. The van der Waals surface area contributed by atoms with Gasteiger partial charge in [0.15, 0.2) is 0 Å². The highest BCUT2D eigenvalue weighted by molar-refractivity contribution is 5.90. The van der Waals surface area contributed by atoms with E-state index in [1.807, 2.05) is 26.8 Å². The number of carbonyl (C=O) groups excluding carboxylic acids is 1. The van der Waals surface area contributed by atoms with Gasteiger partial charge in [-0.05, 0) is 45.0 Å². The molecule has 0 aliphatic heterocycles. The smallest absolute Gasteiger partial charge is 0.340 e. The molecular weight excluding hydrogens is 273 g/mol. The van der Waals surface area contributed by atoms with Crippen LogP contribution in [0.3, 0.4) is 0 Å². The van der Waals surface area contributed by atoms with Gasteiger partial charge in [0.1, 0.15) is 17.3 Å². The van der Waals surface area contributed by atoms with E-state index in [-0.39, 0.29) is 11.6 Å². The number of hydrogen-bond donors (Lipinski definition) is 1. The maximum Gasteiger partial charge on any atom is 0.340 e. The fourth-order valence-electron chi connectivity index (χ4n) is 2.29. The van der Waals surface area contributed by atoms with Gasteiger partial charge in [-0.2, -0.15) is 0 Å². The van der Waals surface area contributed by atoms with Crippen LogP contribution in [0.1, 0.15) is 40.4 Å². The molecule has 1 unspecified atom stereocenters. The normalized spacial score (nSPS) is 12.0. The Morgan fingerprint density at radius 2 is 2.05 bits per heavy atom. The van der Waals surface area contributed by atoms with Crippen molar-refractivity contribution in [3.05, 3.63) is 52.7 Å². The second kappa shape index (κ2) is 5.99. The maximum absolute atomic E-state index is 13.6. The number of anilines is 1. The molecule has 112 valence electrons. The Labute approximate surface area is 122 Å². The molecular formula is C16H18FNO3. The van der Waals surface area contributed by atoms with Gasteiger partial charge < -0.3 is 14.5 Å². The Hall–Kier alpha value is -2.30. The van der Waals surface area contributed by atoms with Crippen molar-refractivity contribution in [1.82, 2.24) is 0 Å². The van der Waals surface area contributed by atoms with Gasteiger partial charge in [0, 0.05) is 11.3 Å². The molecule has 1 atom stereocenters. The van der Waals surface area contributed by atoms with E-state index in [0.29, 0.717) is 5.69 Å². The first-order chi connectivity index (χ1) is 9.92. The molecule has 0 aliphatic carbocycles. The molecule has 1 heterocycles. The summed E-state index contributed by atoms with van der Waals surface area (Å²) in [5.41, 5.74) is 1.58. The van der Waals surface area contributed by atoms with E-state index >= 15 is 0 Å². The summed E-state index contributed by atoms with van der Waals surface area (Å²) in [4.78, 5) is 11.5. The first-order valence-corrected chi connectivity index (χ1v) is 6.63. The van der Waals surface area contributed by atoms with Gasteiger partial charge in [0.05, 0.1) is 18.7 Å². The summed E-state index contributed by atoms with van der Waals surface area (Å²) in [7, 11) is 1.22. The largest absolute Gasteiger partial charge is 0.466 e. The van der Waals surface area contributed by atoms with Crippen molar-refractivity contribution >= 4 is 11.7 Å². The monoisotopic (exact) mass is 291 g/mol. The summed E-state index contributed by atoms with van der Waals surface area (Å²) in [5.74, 6) is 0.378. The molecule has 0 fully saturated rings. The lowest BCUT2D eigenvalue weighted by Gasteiger charge is -2.15. The van der Waals surface area contributed by atoms with Crippen molar-refractivity contribution in [3.8, 4) is 0 Å². The van der Waals surface area contributed by atoms with E-state index in [0.717, 1.165) is 17.1 Å². The SMILES string of the molecule is COC(=O)c1cc(NC(C)c2cc(C)oc2C)ccc1F. The van der Waals surface area contributed by atoms with Crippen LogP contribution in [-0.4, -0.2) is 13.1 Å². The number of ether oxygens (including phenoxy) is 1. The van der Waals surface area contributed by atoms with E-state index in [2.05, 4.69) is 10.1 Å². The summed E-state index contributed by atoms with van der Waals surface area (Å²) < 4.78 is 23.7. The Morgan fingerprint density at radius 3 is 2.62 bits per heavy atom. The lowest BCUT2D eigenvalue weighted by Crippen LogP contribution is -2.09. The molecule has 5 heteroatoms.